The van der Waals surface area contributed by atoms with Crippen LogP contribution in [-0.2, 0) is 0 Å². The van der Waals surface area contributed by atoms with Crippen molar-refractivity contribution >= 4 is 17.0 Å². The average molecular weight is 294 g/mol. The highest BCUT2D eigenvalue weighted by Gasteiger charge is 1.94. The van der Waals surface area contributed by atoms with Crippen LogP contribution < -0.4 is 16.0 Å². The van der Waals surface area contributed by atoms with Gasteiger partial charge in [0.15, 0.2) is 0 Å². The van der Waals surface area contributed by atoms with E-state index >= 15 is 0 Å². The Balaban J connectivity index is 0.000000205. The molecule has 0 aromatic carbocycles. The fraction of sp³-hybridized carbons (Fsp3) is 1.00. The lowest BCUT2D eigenvalue weighted by Gasteiger charge is -1.76. The number of halogens is 1. The Bertz CT molecular complexity index is 74.8. The molecule has 3 saturated heterocycles. The molecule has 3 fully saturated rings. The monoisotopic (exact) mass is 293 g/mol. The molecule has 0 atom stereocenters. The Kier molecular flexibility index (Phi) is 13.7. The minimum absolute atomic E-state index is 0. The summed E-state index contributed by atoms with van der Waals surface area (Å²) in [6.07, 6.45) is 8.33. The fourth-order valence-electron chi connectivity index (χ4n) is 1.87. The molecule has 0 spiro atoms. The Morgan fingerprint density at radius 1 is 0.375 bits per heavy atom. The van der Waals surface area contributed by atoms with Gasteiger partial charge in [-0.25, -0.2) is 0 Å². The van der Waals surface area contributed by atoms with Gasteiger partial charge in [0.2, 0.25) is 0 Å². The summed E-state index contributed by atoms with van der Waals surface area (Å²) in [5.41, 5.74) is 0. The SMILES string of the molecule is Br.C1CCNC1.C1CCNC1.C1CCNC1. The lowest BCUT2D eigenvalue weighted by molar-refractivity contribution is 0.857. The van der Waals surface area contributed by atoms with Crippen molar-refractivity contribution in [2.45, 2.75) is 38.5 Å². The predicted molar refractivity (Wildman–Crippen MR) is 76.6 cm³/mol. The van der Waals surface area contributed by atoms with E-state index in [0.29, 0.717) is 0 Å². The van der Waals surface area contributed by atoms with Gasteiger partial charge in [-0.15, -0.1) is 17.0 Å². The normalized spacial score (nSPS) is 22.5. The van der Waals surface area contributed by atoms with Gasteiger partial charge in [0.1, 0.15) is 0 Å². The van der Waals surface area contributed by atoms with Crippen LogP contribution in [0.4, 0.5) is 0 Å². The topological polar surface area (TPSA) is 36.1 Å². The van der Waals surface area contributed by atoms with Gasteiger partial charge in [0.05, 0.1) is 0 Å². The van der Waals surface area contributed by atoms with Crippen LogP contribution in [-0.4, -0.2) is 39.3 Å². The zero-order valence-corrected chi connectivity index (χ0v) is 12.1. The standard InChI is InChI=1S/3C4H9N.BrH/c3*1-2-4-5-3-1;/h3*5H,1-4H2;1H. The molecule has 3 N–H and O–H groups in total. The molecule has 0 saturated carbocycles. The minimum atomic E-state index is 0. The molecule has 0 aliphatic carbocycles. The van der Waals surface area contributed by atoms with Crippen molar-refractivity contribution in [3.05, 3.63) is 0 Å². The van der Waals surface area contributed by atoms with Gasteiger partial charge < -0.3 is 16.0 Å². The number of hydrogen-bond donors (Lipinski definition) is 3. The van der Waals surface area contributed by atoms with Crippen LogP contribution in [0.5, 0.6) is 0 Å². The molecule has 3 nitrogen and oxygen atoms in total. The van der Waals surface area contributed by atoms with E-state index in [0.717, 1.165) is 0 Å². The van der Waals surface area contributed by atoms with Gasteiger partial charge in [0.25, 0.3) is 0 Å². The van der Waals surface area contributed by atoms with Crippen molar-refractivity contribution in [2.24, 2.45) is 0 Å². The summed E-state index contributed by atoms with van der Waals surface area (Å²) in [6, 6.07) is 0. The zero-order chi connectivity index (χ0) is 10.6. The summed E-state index contributed by atoms with van der Waals surface area (Å²) in [5, 5.41) is 9.67. The van der Waals surface area contributed by atoms with Gasteiger partial charge in [-0.2, -0.15) is 0 Å². The second-order valence-electron chi connectivity index (χ2n) is 4.37. The van der Waals surface area contributed by atoms with E-state index < -0.39 is 0 Å². The van der Waals surface area contributed by atoms with Gasteiger partial charge in [-0.05, 0) is 77.8 Å². The summed E-state index contributed by atoms with van der Waals surface area (Å²) in [5.74, 6) is 0. The van der Waals surface area contributed by atoms with Crippen LogP contribution in [0.25, 0.3) is 0 Å². The first-order chi connectivity index (χ1) is 7.50. The Morgan fingerprint density at radius 2 is 0.562 bits per heavy atom. The van der Waals surface area contributed by atoms with E-state index in [1.165, 1.54) is 77.8 Å². The maximum atomic E-state index is 3.22. The first-order valence-electron chi connectivity index (χ1n) is 6.62. The van der Waals surface area contributed by atoms with Crippen LogP contribution in [0.2, 0.25) is 0 Å². The molecule has 4 heteroatoms. The second-order valence-corrected chi connectivity index (χ2v) is 4.37. The molecule has 0 bridgehead atoms. The van der Waals surface area contributed by atoms with Crippen molar-refractivity contribution < 1.29 is 0 Å². The maximum Gasteiger partial charge on any atom is -0.00484 e. The molecule has 16 heavy (non-hydrogen) atoms. The van der Waals surface area contributed by atoms with E-state index in [9.17, 15) is 0 Å². The van der Waals surface area contributed by atoms with Crippen LogP contribution in [0.1, 0.15) is 38.5 Å². The maximum absolute atomic E-state index is 3.22. The van der Waals surface area contributed by atoms with E-state index in [1.807, 2.05) is 0 Å². The quantitative estimate of drug-likeness (QED) is 0.636. The van der Waals surface area contributed by atoms with E-state index in [2.05, 4.69) is 16.0 Å². The fourth-order valence-corrected chi connectivity index (χ4v) is 1.87. The Hall–Kier alpha value is 0.360. The summed E-state index contributed by atoms with van der Waals surface area (Å²) < 4.78 is 0. The Labute approximate surface area is 111 Å². The lowest BCUT2D eigenvalue weighted by atomic mass is 10.4. The highest BCUT2D eigenvalue weighted by Crippen LogP contribution is 1.91. The smallest absolute Gasteiger partial charge is 0.00484 e. The van der Waals surface area contributed by atoms with Crippen molar-refractivity contribution in [1.82, 2.24) is 16.0 Å². The van der Waals surface area contributed by atoms with Crippen molar-refractivity contribution in [2.75, 3.05) is 39.3 Å². The molecular weight excluding hydrogens is 266 g/mol. The third kappa shape index (κ3) is 10.9. The van der Waals surface area contributed by atoms with E-state index in [1.54, 1.807) is 0 Å². The summed E-state index contributed by atoms with van der Waals surface area (Å²) in [4.78, 5) is 0. The molecule has 3 heterocycles. The van der Waals surface area contributed by atoms with Crippen molar-refractivity contribution in [3.8, 4) is 0 Å². The molecule has 3 aliphatic rings. The number of rotatable bonds is 0. The van der Waals surface area contributed by atoms with Crippen LogP contribution in [0, 0.1) is 0 Å². The zero-order valence-electron chi connectivity index (χ0n) is 10.4. The lowest BCUT2D eigenvalue weighted by Crippen LogP contribution is -2.03. The first kappa shape index (κ1) is 16.4. The van der Waals surface area contributed by atoms with Crippen LogP contribution in [0.3, 0.4) is 0 Å². The van der Waals surface area contributed by atoms with Gasteiger partial charge >= 0.3 is 0 Å². The third-order valence-corrected chi connectivity index (χ3v) is 2.87. The van der Waals surface area contributed by atoms with Crippen molar-refractivity contribution in [3.63, 3.8) is 0 Å². The molecule has 0 aromatic rings. The molecule has 3 rings (SSSR count). The molecular formula is C12H28BrN3. The van der Waals surface area contributed by atoms with E-state index in [-0.39, 0.29) is 17.0 Å². The molecule has 0 amide bonds. The highest BCUT2D eigenvalue weighted by molar-refractivity contribution is 8.93. The van der Waals surface area contributed by atoms with Crippen molar-refractivity contribution in [1.29, 1.82) is 0 Å². The largest absolute Gasteiger partial charge is 0.317 e. The summed E-state index contributed by atoms with van der Waals surface area (Å²) in [6.45, 7) is 7.50. The summed E-state index contributed by atoms with van der Waals surface area (Å²) >= 11 is 0. The highest BCUT2D eigenvalue weighted by atomic mass is 79.9. The van der Waals surface area contributed by atoms with E-state index in [4.69, 9.17) is 0 Å². The first-order valence-corrected chi connectivity index (χ1v) is 6.62. The predicted octanol–water partition coefficient (Wildman–Crippen LogP) is 1.69. The summed E-state index contributed by atoms with van der Waals surface area (Å²) in [7, 11) is 0. The van der Waals surface area contributed by atoms with Crippen LogP contribution in [0.15, 0.2) is 0 Å². The van der Waals surface area contributed by atoms with Gasteiger partial charge in [-0.3, -0.25) is 0 Å². The Morgan fingerprint density at radius 3 is 0.625 bits per heavy atom. The molecule has 3 aliphatic heterocycles. The van der Waals surface area contributed by atoms with Gasteiger partial charge in [-0.1, -0.05) is 0 Å². The second kappa shape index (κ2) is 13.4. The molecule has 0 unspecified atom stereocenters. The van der Waals surface area contributed by atoms with Crippen LogP contribution >= 0.6 is 17.0 Å². The molecule has 0 radical (unpaired) electrons. The molecule has 98 valence electrons. The number of nitrogens with one attached hydrogen (secondary N) is 3. The third-order valence-electron chi connectivity index (χ3n) is 2.87. The van der Waals surface area contributed by atoms with Gasteiger partial charge in [0, 0.05) is 0 Å². The minimum Gasteiger partial charge on any atom is -0.317 e. The average Bonchev–Trinajstić information content (AvgIpc) is 3.09. The number of hydrogen-bond acceptors (Lipinski definition) is 3. The molecule has 0 aromatic heterocycles.